The molecule has 18 heavy (non-hydrogen) atoms. The number of aromatic nitrogens is 2. The van der Waals surface area contributed by atoms with Gasteiger partial charge in [0.1, 0.15) is 5.82 Å². The van der Waals surface area contributed by atoms with Crippen LogP contribution < -0.4 is 5.32 Å². The monoisotopic (exact) mass is 243 g/mol. The lowest BCUT2D eigenvalue weighted by molar-refractivity contribution is 0.0952. The molecule has 0 saturated heterocycles. The van der Waals surface area contributed by atoms with E-state index in [-0.39, 0.29) is 5.91 Å². The van der Waals surface area contributed by atoms with Crippen molar-refractivity contribution in [2.24, 2.45) is 0 Å². The predicted octanol–water partition coefficient (Wildman–Crippen LogP) is 2.08. The van der Waals surface area contributed by atoms with E-state index in [0.29, 0.717) is 6.54 Å². The number of hydrogen-bond donors (Lipinski definition) is 2. The van der Waals surface area contributed by atoms with Crippen molar-refractivity contribution in [2.45, 2.75) is 19.8 Å². The highest BCUT2D eigenvalue weighted by atomic mass is 16.1. The van der Waals surface area contributed by atoms with Crippen LogP contribution >= 0.6 is 0 Å². The lowest BCUT2D eigenvalue weighted by Gasteiger charge is -2.06. The van der Waals surface area contributed by atoms with E-state index in [2.05, 4.69) is 15.3 Å². The first-order valence-corrected chi connectivity index (χ1v) is 6.09. The zero-order valence-corrected chi connectivity index (χ0v) is 10.4. The van der Waals surface area contributed by atoms with Crippen LogP contribution in [0.15, 0.2) is 36.7 Å². The van der Waals surface area contributed by atoms with Gasteiger partial charge in [0.25, 0.3) is 5.91 Å². The molecule has 0 aliphatic heterocycles. The van der Waals surface area contributed by atoms with Gasteiger partial charge in [0.05, 0.1) is 0 Å². The van der Waals surface area contributed by atoms with Gasteiger partial charge in [-0.25, -0.2) is 4.98 Å². The van der Waals surface area contributed by atoms with Crippen molar-refractivity contribution >= 4 is 5.91 Å². The number of benzene rings is 1. The number of rotatable bonds is 5. The summed E-state index contributed by atoms with van der Waals surface area (Å²) in [4.78, 5) is 19.1. The number of H-pyrrole nitrogens is 1. The van der Waals surface area contributed by atoms with E-state index in [1.54, 1.807) is 12.4 Å². The Bertz CT molecular complexity index is 506. The Morgan fingerprint density at radius 1 is 1.39 bits per heavy atom. The molecule has 2 aromatic rings. The number of nitrogens with one attached hydrogen (secondary N) is 2. The van der Waals surface area contributed by atoms with Crippen molar-refractivity contribution in [3.63, 3.8) is 0 Å². The average Bonchev–Trinajstić information content (AvgIpc) is 2.88. The second-order valence-corrected chi connectivity index (χ2v) is 4.21. The largest absolute Gasteiger partial charge is 0.352 e. The van der Waals surface area contributed by atoms with E-state index < -0.39 is 0 Å². The van der Waals surface area contributed by atoms with Crippen molar-refractivity contribution in [2.75, 3.05) is 6.54 Å². The van der Waals surface area contributed by atoms with Crippen LogP contribution in [0.4, 0.5) is 0 Å². The lowest BCUT2D eigenvalue weighted by Crippen LogP contribution is -2.25. The maximum atomic E-state index is 11.9. The Labute approximate surface area is 106 Å². The van der Waals surface area contributed by atoms with Crippen molar-refractivity contribution < 1.29 is 4.79 Å². The van der Waals surface area contributed by atoms with Gasteiger partial charge < -0.3 is 10.3 Å². The molecule has 1 amide bonds. The summed E-state index contributed by atoms with van der Waals surface area (Å²) in [6, 6.07) is 7.60. The van der Waals surface area contributed by atoms with Crippen LogP contribution in [0.3, 0.4) is 0 Å². The summed E-state index contributed by atoms with van der Waals surface area (Å²) in [6.45, 7) is 2.60. The van der Waals surface area contributed by atoms with Crippen LogP contribution in [0.2, 0.25) is 0 Å². The molecule has 94 valence electrons. The number of imidazole rings is 1. The number of aryl methyl sites for hydroxylation is 2. The molecule has 1 aromatic heterocycles. The average molecular weight is 243 g/mol. The summed E-state index contributed by atoms with van der Waals surface area (Å²) in [5, 5.41) is 2.92. The molecule has 4 nitrogen and oxygen atoms in total. The molecule has 1 heterocycles. The Hall–Kier alpha value is -2.10. The van der Waals surface area contributed by atoms with Gasteiger partial charge in [0, 0.05) is 30.9 Å². The Balaban J connectivity index is 1.77. The van der Waals surface area contributed by atoms with Gasteiger partial charge in [-0.05, 0) is 25.0 Å². The summed E-state index contributed by atoms with van der Waals surface area (Å²) in [7, 11) is 0. The van der Waals surface area contributed by atoms with E-state index in [9.17, 15) is 4.79 Å². The molecule has 0 radical (unpaired) electrons. The van der Waals surface area contributed by atoms with Gasteiger partial charge in [0.2, 0.25) is 0 Å². The third kappa shape index (κ3) is 3.20. The summed E-state index contributed by atoms with van der Waals surface area (Å²) in [5.74, 6) is 0.952. The van der Waals surface area contributed by atoms with Crippen molar-refractivity contribution in [1.29, 1.82) is 0 Å². The molecular formula is C14H17N3O. The van der Waals surface area contributed by atoms with E-state index in [0.717, 1.165) is 29.8 Å². The van der Waals surface area contributed by atoms with Crippen molar-refractivity contribution in [3.8, 4) is 0 Å². The number of amides is 1. The zero-order valence-electron chi connectivity index (χ0n) is 10.4. The molecule has 0 fully saturated rings. The number of carbonyl (C=O) groups excluding carboxylic acids is 1. The smallest absolute Gasteiger partial charge is 0.251 e. The second kappa shape index (κ2) is 6.00. The van der Waals surface area contributed by atoms with E-state index in [4.69, 9.17) is 0 Å². The van der Waals surface area contributed by atoms with Gasteiger partial charge in [0.15, 0.2) is 0 Å². The number of nitrogens with zero attached hydrogens (tertiary/aromatic N) is 1. The number of aromatic amines is 1. The maximum Gasteiger partial charge on any atom is 0.251 e. The Morgan fingerprint density at radius 2 is 2.22 bits per heavy atom. The fourth-order valence-electron chi connectivity index (χ4n) is 1.82. The van der Waals surface area contributed by atoms with Crippen LogP contribution in [-0.4, -0.2) is 22.4 Å². The molecule has 0 aliphatic carbocycles. The van der Waals surface area contributed by atoms with Gasteiger partial charge in [-0.15, -0.1) is 0 Å². The molecule has 0 saturated carbocycles. The minimum absolute atomic E-state index is 0.00690. The summed E-state index contributed by atoms with van der Waals surface area (Å²) >= 11 is 0. The molecule has 2 rings (SSSR count). The second-order valence-electron chi connectivity index (χ2n) is 4.21. The highest BCUT2D eigenvalue weighted by molar-refractivity contribution is 5.95. The van der Waals surface area contributed by atoms with E-state index in [1.165, 1.54) is 0 Å². The molecule has 0 aliphatic rings. The van der Waals surface area contributed by atoms with Gasteiger partial charge >= 0.3 is 0 Å². The van der Waals surface area contributed by atoms with Crippen molar-refractivity contribution in [1.82, 2.24) is 15.3 Å². The number of carbonyl (C=O) groups is 1. The molecule has 0 spiro atoms. The minimum atomic E-state index is -0.00690. The van der Waals surface area contributed by atoms with Crippen molar-refractivity contribution in [3.05, 3.63) is 53.6 Å². The Kier molecular flexibility index (Phi) is 4.12. The molecule has 0 unspecified atom stereocenters. The highest BCUT2D eigenvalue weighted by Gasteiger charge is 2.06. The van der Waals surface area contributed by atoms with Crippen LogP contribution in [0.25, 0.3) is 0 Å². The van der Waals surface area contributed by atoms with Crippen LogP contribution in [0.5, 0.6) is 0 Å². The lowest BCUT2D eigenvalue weighted by atomic mass is 10.1. The highest BCUT2D eigenvalue weighted by Crippen LogP contribution is 2.06. The fourth-order valence-corrected chi connectivity index (χ4v) is 1.82. The molecule has 2 N–H and O–H groups in total. The quantitative estimate of drug-likeness (QED) is 0.790. The Morgan fingerprint density at radius 3 is 2.94 bits per heavy atom. The molecular weight excluding hydrogens is 226 g/mol. The van der Waals surface area contributed by atoms with E-state index in [1.807, 2.05) is 31.2 Å². The predicted molar refractivity (Wildman–Crippen MR) is 70.4 cm³/mol. The molecule has 1 aromatic carbocycles. The summed E-state index contributed by atoms with van der Waals surface area (Å²) in [6.07, 6.45) is 5.27. The first-order chi connectivity index (χ1) is 8.77. The van der Waals surface area contributed by atoms with Crippen LogP contribution in [-0.2, 0) is 6.42 Å². The standard InChI is InChI=1S/C14H17N3O/c1-11-5-2-3-6-12(11)14(18)17-8-4-7-13-15-9-10-16-13/h2-3,5-6,9-10H,4,7-8H2,1H3,(H,15,16)(H,17,18). The van der Waals surface area contributed by atoms with Crippen LogP contribution in [0.1, 0.15) is 28.2 Å². The first-order valence-electron chi connectivity index (χ1n) is 6.09. The third-order valence-corrected chi connectivity index (χ3v) is 2.82. The van der Waals surface area contributed by atoms with Crippen LogP contribution in [0, 0.1) is 6.92 Å². The van der Waals surface area contributed by atoms with Gasteiger partial charge in [-0.2, -0.15) is 0 Å². The molecule has 0 atom stereocenters. The molecule has 0 bridgehead atoms. The van der Waals surface area contributed by atoms with Gasteiger partial charge in [-0.1, -0.05) is 18.2 Å². The fraction of sp³-hybridized carbons (Fsp3) is 0.286. The zero-order chi connectivity index (χ0) is 12.8. The first kappa shape index (κ1) is 12.4. The SMILES string of the molecule is Cc1ccccc1C(=O)NCCCc1ncc[nH]1. The number of hydrogen-bond acceptors (Lipinski definition) is 2. The maximum absolute atomic E-state index is 11.9. The van der Waals surface area contributed by atoms with Gasteiger partial charge in [-0.3, -0.25) is 4.79 Å². The topological polar surface area (TPSA) is 57.8 Å². The molecule has 4 heteroatoms. The summed E-state index contributed by atoms with van der Waals surface area (Å²) < 4.78 is 0. The van der Waals surface area contributed by atoms with E-state index >= 15 is 0 Å². The minimum Gasteiger partial charge on any atom is -0.352 e. The summed E-state index contributed by atoms with van der Waals surface area (Å²) in [5.41, 5.74) is 1.75. The normalized spacial score (nSPS) is 10.3. The third-order valence-electron chi connectivity index (χ3n) is 2.82.